The third kappa shape index (κ3) is 2.03. The monoisotopic (exact) mass is 222 g/mol. The maximum absolute atomic E-state index is 10.6. The van der Waals surface area contributed by atoms with E-state index in [2.05, 4.69) is 4.74 Å². The summed E-state index contributed by atoms with van der Waals surface area (Å²) in [5.74, 6) is -3.52. The first-order valence-corrected chi connectivity index (χ1v) is 4.37. The number of hydrogen-bond acceptors (Lipinski definition) is 7. The van der Waals surface area contributed by atoms with Crippen LogP contribution in [-0.4, -0.2) is 64.7 Å². The summed E-state index contributed by atoms with van der Waals surface area (Å²) in [7, 11) is 1.06. The summed E-state index contributed by atoms with van der Waals surface area (Å²) in [6.45, 7) is -0.584. The minimum atomic E-state index is -2.41. The van der Waals surface area contributed by atoms with Gasteiger partial charge in [0.1, 0.15) is 6.29 Å². The number of carbonyl (C=O) groups is 1. The van der Waals surface area contributed by atoms with Gasteiger partial charge in [-0.25, -0.2) is 0 Å². The Hall–Kier alpha value is -0.570. The summed E-state index contributed by atoms with van der Waals surface area (Å²) in [5, 5.41) is 37.3. The lowest BCUT2D eigenvalue weighted by atomic mass is 9.89. The van der Waals surface area contributed by atoms with Crippen molar-refractivity contribution in [1.29, 1.82) is 0 Å². The highest BCUT2D eigenvalue weighted by atomic mass is 16.8. The van der Waals surface area contributed by atoms with Gasteiger partial charge in [0.05, 0.1) is 24.7 Å². The number of aliphatic hydroxyl groups excluding tert-OH is 3. The Bertz CT molecular complexity index is 231. The Morgan fingerprint density at radius 3 is 2.53 bits per heavy atom. The van der Waals surface area contributed by atoms with Gasteiger partial charge in [-0.05, 0) is 0 Å². The average Bonchev–Trinajstić information content (AvgIpc) is 2.25. The molecule has 88 valence electrons. The molecule has 0 spiro atoms. The number of ether oxygens (including phenoxy) is 2. The molecular weight excluding hydrogens is 208 g/mol. The molecule has 7 heteroatoms. The summed E-state index contributed by atoms with van der Waals surface area (Å²) in [5.41, 5.74) is 0. The molecule has 5 atom stereocenters. The van der Waals surface area contributed by atoms with E-state index in [0.29, 0.717) is 6.29 Å². The summed E-state index contributed by atoms with van der Waals surface area (Å²) < 4.78 is 9.28. The van der Waals surface area contributed by atoms with Crippen molar-refractivity contribution < 1.29 is 34.7 Å². The largest absolute Gasteiger partial charge is 0.394 e. The minimum absolute atomic E-state index is 0.351. The molecule has 0 aliphatic carbocycles. The summed E-state index contributed by atoms with van der Waals surface area (Å²) in [6.07, 6.45) is -4.10. The quantitative estimate of drug-likeness (QED) is 0.301. The van der Waals surface area contributed by atoms with Crippen LogP contribution in [0.2, 0.25) is 0 Å². The van der Waals surface area contributed by atoms with Gasteiger partial charge in [-0.2, -0.15) is 0 Å². The van der Waals surface area contributed by atoms with Crippen LogP contribution in [0, 0.1) is 5.92 Å². The second-order valence-corrected chi connectivity index (χ2v) is 3.32. The zero-order chi connectivity index (χ0) is 11.6. The third-order valence-electron chi connectivity index (χ3n) is 2.47. The van der Waals surface area contributed by atoms with Crippen molar-refractivity contribution in [3.63, 3.8) is 0 Å². The van der Waals surface area contributed by atoms with Gasteiger partial charge >= 0.3 is 5.97 Å². The van der Waals surface area contributed by atoms with Crippen LogP contribution in [0.3, 0.4) is 0 Å². The van der Waals surface area contributed by atoms with E-state index < -0.39 is 36.8 Å². The molecule has 0 aromatic carbocycles. The number of carbonyl (C=O) groups excluding carboxylic acids is 1. The summed E-state index contributed by atoms with van der Waals surface area (Å²) in [4.78, 5) is 10.6. The van der Waals surface area contributed by atoms with Crippen LogP contribution in [0.25, 0.3) is 0 Å². The molecule has 1 saturated heterocycles. The number of aliphatic hydroxyl groups is 4. The van der Waals surface area contributed by atoms with E-state index in [1.807, 2.05) is 0 Å². The summed E-state index contributed by atoms with van der Waals surface area (Å²) in [6, 6.07) is 0. The molecule has 0 radical (unpaired) electrons. The molecule has 0 amide bonds. The second-order valence-electron chi connectivity index (χ2n) is 3.32. The molecule has 7 nitrogen and oxygen atoms in total. The number of hydrogen-bond donors (Lipinski definition) is 4. The molecule has 1 aliphatic heterocycles. The van der Waals surface area contributed by atoms with E-state index in [1.54, 1.807) is 0 Å². The SMILES string of the molecule is COC1(O)OC(CO)C(C=O)C(O)C1O. The Balaban J connectivity index is 2.92. The molecule has 0 aromatic rings. The molecular formula is C8H14O7. The fraction of sp³-hybridized carbons (Fsp3) is 0.875. The number of methoxy groups -OCH3 is 1. The number of rotatable bonds is 3. The first-order chi connectivity index (χ1) is 7.00. The van der Waals surface area contributed by atoms with Crippen molar-refractivity contribution in [3.8, 4) is 0 Å². The van der Waals surface area contributed by atoms with Gasteiger partial charge in [0, 0.05) is 7.11 Å². The van der Waals surface area contributed by atoms with E-state index in [-0.39, 0.29) is 0 Å². The maximum atomic E-state index is 10.6. The molecule has 0 aromatic heterocycles. The fourth-order valence-corrected chi connectivity index (χ4v) is 1.51. The normalized spacial score (nSPS) is 46.5. The molecule has 1 rings (SSSR count). The first kappa shape index (κ1) is 12.5. The van der Waals surface area contributed by atoms with Gasteiger partial charge in [0.2, 0.25) is 0 Å². The van der Waals surface area contributed by atoms with Gasteiger partial charge in [-0.3, -0.25) is 0 Å². The van der Waals surface area contributed by atoms with Crippen molar-refractivity contribution in [2.75, 3.05) is 13.7 Å². The molecule has 15 heavy (non-hydrogen) atoms. The predicted molar refractivity (Wildman–Crippen MR) is 45.5 cm³/mol. The molecule has 1 fully saturated rings. The number of aldehydes is 1. The van der Waals surface area contributed by atoms with Crippen molar-refractivity contribution in [2.24, 2.45) is 5.92 Å². The maximum Gasteiger partial charge on any atom is 0.310 e. The van der Waals surface area contributed by atoms with Gasteiger partial charge in [0.25, 0.3) is 0 Å². The smallest absolute Gasteiger partial charge is 0.310 e. The lowest BCUT2D eigenvalue weighted by Gasteiger charge is -2.43. The highest BCUT2D eigenvalue weighted by Gasteiger charge is 2.53. The Kier molecular flexibility index (Phi) is 3.77. The molecule has 1 heterocycles. The van der Waals surface area contributed by atoms with Gasteiger partial charge < -0.3 is 34.7 Å². The lowest BCUT2D eigenvalue weighted by Crippen LogP contribution is -2.64. The van der Waals surface area contributed by atoms with Gasteiger partial charge in [0.15, 0.2) is 6.10 Å². The Morgan fingerprint density at radius 2 is 2.13 bits per heavy atom. The van der Waals surface area contributed by atoms with Crippen LogP contribution in [0.15, 0.2) is 0 Å². The van der Waals surface area contributed by atoms with Crippen LogP contribution in [0.1, 0.15) is 0 Å². The van der Waals surface area contributed by atoms with Gasteiger partial charge in [-0.15, -0.1) is 0 Å². The van der Waals surface area contributed by atoms with Crippen LogP contribution < -0.4 is 0 Å². The molecule has 0 saturated carbocycles. The highest BCUT2D eigenvalue weighted by Crippen LogP contribution is 2.31. The van der Waals surface area contributed by atoms with Crippen LogP contribution in [0.4, 0.5) is 0 Å². The van der Waals surface area contributed by atoms with Crippen molar-refractivity contribution in [3.05, 3.63) is 0 Å². The molecule has 1 aliphatic rings. The zero-order valence-corrected chi connectivity index (χ0v) is 8.11. The van der Waals surface area contributed by atoms with E-state index in [4.69, 9.17) is 9.84 Å². The molecule has 5 unspecified atom stereocenters. The van der Waals surface area contributed by atoms with Crippen molar-refractivity contribution in [2.45, 2.75) is 24.3 Å². The highest BCUT2D eigenvalue weighted by molar-refractivity contribution is 5.56. The Labute approximate surface area is 85.9 Å². The zero-order valence-electron chi connectivity index (χ0n) is 8.11. The summed E-state index contributed by atoms with van der Waals surface area (Å²) >= 11 is 0. The van der Waals surface area contributed by atoms with E-state index in [0.717, 1.165) is 7.11 Å². The van der Waals surface area contributed by atoms with E-state index >= 15 is 0 Å². The van der Waals surface area contributed by atoms with Gasteiger partial charge in [-0.1, -0.05) is 0 Å². The lowest BCUT2D eigenvalue weighted by molar-refractivity contribution is -0.435. The third-order valence-corrected chi connectivity index (χ3v) is 2.47. The average molecular weight is 222 g/mol. The minimum Gasteiger partial charge on any atom is -0.394 e. The van der Waals surface area contributed by atoms with Crippen molar-refractivity contribution in [1.82, 2.24) is 0 Å². The first-order valence-electron chi connectivity index (χ1n) is 4.37. The molecule has 4 N–H and O–H groups in total. The van der Waals surface area contributed by atoms with Crippen LogP contribution in [0.5, 0.6) is 0 Å². The fourth-order valence-electron chi connectivity index (χ4n) is 1.51. The molecule has 0 bridgehead atoms. The Morgan fingerprint density at radius 1 is 1.53 bits per heavy atom. The topological polar surface area (TPSA) is 116 Å². The predicted octanol–water partition coefficient (Wildman–Crippen LogP) is -2.79. The van der Waals surface area contributed by atoms with E-state index in [9.17, 15) is 20.1 Å². The standard InChI is InChI=1S/C8H14O7/c1-14-8(13)7(12)6(11)4(2-9)5(3-10)15-8/h2,4-7,10-13H,3H2,1H3. The van der Waals surface area contributed by atoms with Crippen LogP contribution in [-0.2, 0) is 14.3 Å². The second kappa shape index (κ2) is 4.52. The van der Waals surface area contributed by atoms with Crippen LogP contribution >= 0.6 is 0 Å². The van der Waals surface area contributed by atoms with Crippen molar-refractivity contribution >= 4 is 6.29 Å². The van der Waals surface area contributed by atoms with E-state index in [1.165, 1.54) is 0 Å².